The molecule has 2 heterocycles. The quantitative estimate of drug-likeness (QED) is 0.783. The van der Waals surface area contributed by atoms with Gasteiger partial charge in [0.1, 0.15) is 11.6 Å². The van der Waals surface area contributed by atoms with Crippen molar-refractivity contribution in [2.45, 2.75) is 26.8 Å². The largest absolute Gasteiger partial charge is 0.478 e. The minimum Gasteiger partial charge on any atom is -0.478 e. The van der Waals surface area contributed by atoms with Gasteiger partial charge in [-0.1, -0.05) is 5.16 Å². The molecule has 0 amide bonds. The molecule has 7 nitrogen and oxygen atoms in total. The number of nitrogens with zero attached hydrogens (tertiary/aromatic N) is 2. The maximum atomic E-state index is 10.8. The van der Waals surface area contributed by atoms with E-state index in [0.717, 1.165) is 17.0 Å². The van der Waals surface area contributed by atoms with E-state index < -0.39 is 5.97 Å². The molecule has 0 aliphatic rings. The molecule has 4 N–H and O–H groups in total. The fourth-order valence-corrected chi connectivity index (χ4v) is 2.10. The Morgan fingerprint density at radius 2 is 2.20 bits per heavy atom. The minimum absolute atomic E-state index is 0.0537. The van der Waals surface area contributed by atoms with Crippen molar-refractivity contribution >= 4 is 17.5 Å². The molecule has 106 valence electrons. The molecule has 2 rings (SSSR count). The van der Waals surface area contributed by atoms with E-state index in [1.165, 1.54) is 12.3 Å². The van der Waals surface area contributed by atoms with E-state index in [9.17, 15) is 4.79 Å². The van der Waals surface area contributed by atoms with Crippen LogP contribution in [0.2, 0.25) is 0 Å². The smallest absolute Gasteiger partial charge is 0.337 e. The van der Waals surface area contributed by atoms with E-state index in [1.54, 1.807) is 0 Å². The number of carboxylic acids is 1. The highest BCUT2D eigenvalue weighted by Gasteiger charge is 2.18. The summed E-state index contributed by atoms with van der Waals surface area (Å²) in [6, 6.07) is 1.27. The number of rotatable bonds is 4. The van der Waals surface area contributed by atoms with Crippen LogP contribution in [0.25, 0.3) is 0 Å². The second kappa shape index (κ2) is 5.20. The van der Waals surface area contributed by atoms with Gasteiger partial charge in [-0.3, -0.25) is 0 Å². The fourth-order valence-electron chi connectivity index (χ4n) is 2.10. The summed E-state index contributed by atoms with van der Waals surface area (Å²) in [6.45, 7) is 5.62. The monoisotopic (exact) mass is 276 g/mol. The number of hydrogen-bond acceptors (Lipinski definition) is 6. The number of hydrogen-bond donors (Lipinski definition) is 3. The van der Waals surface area contributed by atoms with Gasteiger partial charge in [0.2, 0.25) is 0 Å². The van der Waals surface area contributed by atoms with Gasteiger partial charge in [0.05, 0.1) is 23.0 Å². The number of nitrogens with one attached hydrogen (secondary N) is 1. The summed E-state index contributed by atoms with van der Waals surface area (Å²) in [4.78, 5) is 14.9. The Hall–Kier alpha value is -2.57. The predicted molar refractivity (Wildman–Crippen MR) is 73.6 cm³/mol. The van der Waals surface area contributed by atoms with Crippen molar-refractivity contribution in [1.29, 1.82) is 0 Å². The van der Waals surface area contributed by atoms with E-state index in [0.29, 0.717) is 5.82 Å². The first kappa shape index (κ1) is 13.9. The number of nitrogen functional groups attached to an aromatic ring is 1. The van der Waals surface area contributed by atoms with Gasteiger partial charge < -0.3 is 20.7 Å². The van der Waals surface area contributed by atoms with Gasteiger partial charge in [0.25, 0.3) is 0 Å². The van der Waals surface area contributed by atoms with Gasteiger partial charge >= 0.3 is 5.97 Å². The van der Waals surface area contributed by atoms with E-state index in [4.69, 9.17) is 15.4 Å². The van der Waals surface area contributed by atoms with E-state index in [2.05, 4.69) is 15.5 Å². The molecule has 2 aromatic heterocycles. The molecule has 0 bridgehead atoms. The Bertz CT molecular complexity index is 632. The van der Waals surface area contributed by atoms with Gasteiger partial charge in [-0.25, -0.2) is 9.78 Å². The summed E-state index contributed by atoms with van der Waals surface area (Å²) in [5, 5.41) is 15.9. The number of carbonyl (C=O) groups is 1. The average Bonchev–Trinajstić information content (AvgIpc) is 2.71. The van der Waals surface area contributed by atoms with Crippen molar-refractivity contribution in [2.24, 2.45) is 0 Å². The van der Waals surface area contributed by atoms with Gasteiger partial charge in [-0.05, 0) is 26.8 Å². The van der Waals surface area contributed by atoms with Crippen molar-refractivity contribution in [3.8, 4) is 0 Å². The molecular weight excluding hydrogens is 260 g/mol. The van der Waals surface area contributed by atoms with Crippen molar-refractivity contribution in [1.82, 2.24) is 10.1 Å². The highest BCUT2D eigenvalue weighted by molar-refractivity contribution is 5.89. The first-order chi connectivity index (χ1) is 9.40. The molecule has 0 saturated carbocycles. The molecule has 2 aromatic rings. The summed E-state index contributed by atoms with van der Waals surface area (Å²) >= 11 is 0. The van der Waals surface area contributed by atoms with Crippen LogP contribution in [0, 0.1) is 13.8 Å². The zero-order valence-corrected chi connectivity index (χ0v) is 11.5. The summed E-state index contributed by atoms with van der Waals surface area (Å²) in [7, 11) is 0. The lowest BCUT2D eigenvalue weighted by molar-refractivity contribution is 0.0696. The summed E-state index contributed by atoms with van der Waals surface area (Å²) in [5.74, 6) is 0.0975. The molecule has 0 aliphatic carbocycles. The first-order valence-corrected chi connectivity index (χ1v) is 6.08. The average molecular weight is 276 g/mol. The van der Waals surface area contributed by atoms with Gasteiger partial charge in [0, 0.05) is 11.8 Å². The van der Waals surface area contributed by atoms with Crippen molar-refractivity contribution < 1.29 is 14.4 Å². The summed E-state index contributed by atoms with van der Waals surface area (Å²) in [6.07, 6.45) is 1.26. The number of aryl methyl sites for hydroxylation is 2. The number of pyridine rings is 1. The standard InChI is InChI=1S/C13H16N4O3/c1-6(11-7(2)17-20-8(11)3)16-12-10(14)4-9(5-15-12)13(18)19/h4-6H,14H2,1-3H3,(H,15,16)(H,18,19). The number of anilines is 2. The number of nitrogens with two attached hydrogens (primary N) is 1. The molecule has 0 aromatic carbocycles. The minimum atomic E-state index is -1.06. The van der Waals surface area contributed by atoms with Crippen LogP contribution >= 0.6 is 0 Å². The van der Waals surface area contributed by atoms with Crippen molar-refractivity contribution in [3.63, 3.8) is 0 Å². The Morgan fingerprint density at radius 3 is 2.70 bits per heavy atom. The van der Waals surface area contributed by atoms with Crippen molar-refractivity contribution in [3.05, 3.63) is 34.8 Å². The molecule has 20 heavy (non-hydrogen) atoms. The molecule has 1 unspecified atom stereocenters. The molecule has 0 aliphatic heterocycles. The molecule has 0 radical (unpaired) electrons. The van der Waals surface area contributed by atoms with Crippen LogP contribution in [-0.4, -0.2) is 21.2 Å². The molecule has 0 saturated heterocycles. The Kier molecular flexibility index (Phi) is 3.60. The van der Waals surface area contributed by atoms with E-state index in [1.807, 2.05) is 20.8 Å². The van der Waals surface area contributed by atoms with E-state index in [-0.39, 0.29) is 17.3 Å². The zero-order chi connectivity index (χ0) is 14.9. The fraction of sp³-hybridized carbons (Fsp3) is 0.308. The van der Waals surface area contributed by atoms with Crippen molar-refractivity contribution in [2.75, 3.05) is 11.1 Å². The number of aromatic nitrogens is 2. The van der Waals surface area contributed by atoms with Crippen LogP contribution in [-0.2, 0) is 0 Å². The third kappa shape index (κ3) is 2.56. The van der Waals surface area contributed by atoms with Crippen LogP contribution in [0.15, 0.2) is 16.8 Å². The maximum absolute atomic E-state index is 10.8. The Labute approximate surface area is 115 Å². The third-order valence-electron chi connectivity index (χ3n) is 3.04. The Balaban J connectivity index is 2.24. The van der Waals surface area contributed by atoms with Crippen LogP contribution in [0.1, 0.15) is 40.3 Å². The van der Waals surface area contributed by atoms with Gasteiger partial charge in [-0.2, -0.15) is 0 Å². The highest BCUT2D eigenvalue weighted by atomic mass is 16.5. The summed E-state index contributed by atoms with van der Waals surface area (Å²) < 4.78 is 5.12. The van der Waals surface area contributed by atoms with Gasteiger partial charge in [-0.15, -0.1) is 0 Å². The van der Waals surface area contributed by atoms with Crippen LogP contribution in [0.3, 0.4) is 0 Å². The highest BCUT2D eigenvalue weighted by Crippen LogP contribution is 2.26. The third-order valence-corrected chi connectivity index (χ3v) is 3.04. The predicted octanol–water partition coefficient (Wildman–Crippen LogP) is 2.14. The van der Waals surface area contributed by atoms with E-state index >= 15 is 0 Å². The van der Waals surface area contributed by atoms with Gasteiger partial charge in [0.15, 0.2) is 0 Å². The second-order valence-corrected chi connectivity index (χ2v) is 4.57. The number of carboxylic acid groups (broad SMARTS) is 1. The molecule has 0 fully saturated rings. The van der Waals surface area contributed by atoms with Crippen LogP contribution in [0.5, 0.6) is 0 Å². The zero-order valence-electron chi connectivity index (χ0n) is 11.5. The second-order valence-electron chi connectivity index (χ2n) is 4.57. The molecular formula is C13H16N4O3. The Morgan fingerprint density at radius 1 is 1.50 bits per heavy atom. The SMILES string of the molecule is Cc1noc(C)c1C(C)Nc1ncc(C(=O)O)cc1N. The lowest BCUT2D eigenvalue weighted by Crippen LogP contribution is -2.12. The normalized spacial score (nSPS) is 12.2. The summed E-state index contributed by atoms with van der Waals surface area (Å²) in [5.41, 5.74) is 7.88. The molecule has 7 heteroatoms. The molecule has 0 spiro atoms. The first-order valence-electron chi connectivity index (χ1n) is 6.08. The maximum Gasteiger partial charge on any atom is 0.337 e. The topological polar surface area (TPSA) is 114 Å². The lowest BCUT2D eigenvalue weighted by atomic mass is 10.1. The van der Waals surface area contributed by atoms with Crippen LogP contribution in [0.4, 0.5) is 11.5 Å². The number of aromatic carboxylic acids is 1. The van der Waals surface area contributed by atoms with Crippen LogP contribution < -0.4 is 11.1 Å². The molecule has 1 atom stereocenters. The lowest BCUT2D eigenvalue weighted by Gasteiger charge is -2.16.